The molecular formula is C26H20ClN5O2S. The molecule has 0 aliphatic carbocycles. The molecule has 0 saturated heterocycles. The van der Waals surface area contributed by atoms with Crippen LogP contribution in [0.1, 0.15) is 21.8 Å². The number of nitrogens with zero attached hydrogens (tertiary/aromatic N) is 4. The van der Waals surface area contributed by atoms with Gasteiger partial charge in [-0.05, 0) is 54.1 Å². The number of ketones is 1. The molecule has 0 amide bonds. The van der Waals surface area contributed by atoms with E-state index in [2.05, 4.69) is 10.3 Å². The van der Waals surface area contributed by atoms with Crippen molar-refractivity contribution in [3.63, 3.8) is 0 Å². The maximum Gasteiger partial charge on any atom is 0.255 e. The first-order valence-electron chi connectivity index (χ1n) is 10.9. The van der Waals surface area contributed by atoms with Crippen LogP contribution in [0.2, 0.25) is 4.34 Å². The fourth-order valence-electron chi connectivity index (χ4n) is 3.81. The van der Waals surface area contributed by atoms with Gasteiger partial charge in [0, 0.05) is 42.0 Å². The number of hydrogen-bond acceptors (Lipinski definition) is 6. The smallest absolute Gasteiger partial charge is 0.255 e. The molecule has 2 N–H and O–H groups in total. The topological polar surface area (TPSA) is 95.8 Å². The van der Waals surface area contributed by atoms with Crippen LogP contribution in [0.3, 0.4) is 0 Å². The summed E-state index contributed by atoms with van der Waals surface area (Å²) in [7, 11) is 0. The highest BCUT2D eigenvalue weighted by molar-refractivity contribution is 7.18. The Bertz CT molecular complexity index is 1590. The Labute approximate surface area is 210 Å². The monoisotopic (exact) mass is 501 g/mol. The number of rotatable bonds is 7. The molecule has 174 valence electrons. The molecule has 7 nitrogen and oxygen atoms in total. The molecule has 0 radical (unpaired) electrons. The largest absolute Gasteiger partial charge is 0.399 e. The van der Waals surface area contributed by atoms with Crippen LogP contribution in [-0.4, -0.2) is 25.3 Å². The molecule has 0 atom stereocenters. The van der Waals surface area contributed by atoms with Crippen molar-refractivity contribution in [1.29, 1.82) is 0 Å². The van der Waals surface area contributed by atoms with Crippen LogP contribution in [-0.2, 0) is 6.42 Å². The summed E-state index contributed by atoms with van der Waals surface area (Å²) in [5.74, 6) is 0.0227. The summed E-state index contributed by atoms with van der Waals surface area (Å²) in [6, 6.07) is 21.7. The average molecular weight is 502 g/mol. The SMILES string of the molecule is Nc1cccc(-c2cc(-n3ccccc3=O)ccc2-n2cc(CCC(=O)c3ccc(Cl)s3)nn2)c1. The highest BCUT2D eigenvalue weighted by atomic mass is 35.5. The highest BCUT2D eigenvalue weighted by Gasteiger charge is 2.14. The lowest BCUT2D eigenvalue weighted by Gasteiger charge is -2.13. The van der Waals surface area contributed by atoms with E-state index in [1.54, 1.807) is 33.6 Å². The quantitative estimate of drug-likeness (QED) is 0.244. The number of thiophene rings is 1. The first kappa shape index (κ1) is 22.8. The highest BCUT2D eigenvalue weighted by Crippen LogP contribution is 2.30. The molecule has 0 saturated carbocycles. The van der Waals surface area contributed by atoms with Gasteiger partial charge in [-0.2, -0.15) is 0 Å². The predicted octanol–water partition coefficient (Wildman–Crippen LogP) is 5.20. The summed E-state index contributed by atoms with van der Waals surface area (Å²) in [5, 5.41) is 8.58. The lowest BCUT2D eigenvalue weighted by atomic mass is 10.0. The number of aromatic nitrogens is 4. The zero-order valence-electron chi connectivity index (χ0n) is 18.5. The van der Waals surface area contributed by atoms with Crippen LogP contribution in [0.15, 0.2) is 90.0 Å². The van der Waals surface area contributed by atoms with Gasteiger partial charge in [-0.1, -0.05) is 35.0 Å². The van der Waals surface area contributed by atoms with Crippen molar-refractivity contribution < 1.29 is 4.79 Å². The minimum Gasteiger partial charge on any atom is -0.399 e. The van der Waals surface area contributed by atoms with Crippen LogP contribution in [0.25, 0.3) is 22.5 Å². The van der Waals surface area contributed by atoms with Gasteiger partial charge in [0.2, 0.25) is 0 Å². The van der Waals surface area contributed by atoms with Crippen molar-refractivity contribution in [1.82, 2.24) is 19.6 Å². The normalized spacial score (nSPS) is 11.0. The number of carbonyl (C=O) groups is 1. The van der Waals surface area contributed by atoms with Crippen molar-refractivity contribution >= 4 is 34.4 Å². The molecule has 0 bridgehead atoms. The van der Waals surface area contributed by atoms with E-state index < -0.39 is 0 Å². The molecule has 0 fully saturated rings. The third-order valence-corrected chi connectivity index (χ3v) is 6.79. The molecule has 9 heteroatoms. The van der Waals surface area contributed by atoms with Gasteiger partial charge < -0.3 is 5.73 Å². The van der Waals surface area contributed by atoms with Gasteiger partial charge >= 0.3 is 0 Å². The maximum absolute atomic E-state index is 12.4. The average Bonchev–Trinajstić information content (AvgIpc) is 3.52. The standard InChI is InChI=1S/C26H20ClN5O2S/c27-25-12-11-24(35-25)23(33)10-7-19-16-32(30-29-19)22-9-8-20(31-13-2-1-6-26(31)34)15-21(22)17-4-3-5-18(28)14-17/h1-6,8-9,11-16H,7,10,28H2. The van der Waals surface area contributed by atoms with Crippen LogP contribution in [0.5, 0.6) is 0 Å². The molecule has 3 aromatic heterocycles. The number of nitrogen functional groups attached to an aromatic ring is 1. The van der Waals surface area contributed by atoms with Gasteiger partial charge in [0.15, 0.2) is 5.78 Å². The van der Waals surface area contributed by atoms with Gasteiger partial charge in [-0.3, -0.25) is 14.2 Å². The lowest BCUT2D eigenvalue weighted by molar-refractivity contribution is 0.0986. The van der Waals surface area contributed by atoms with E-state index in [4.69, 9.17) is 17.3 Å². The number of Topliss-reactive ketones (excluding diaryl/α,β-unsaturated/α-hetero) is 1. The zero-order valence-corrected chi connectivity index (χ0v) is 20.0. The Hall–Kier alpha value is -4.01. The Morgan fingerprint density at radius 2 is 1.91 bits per heavy atom. The molecule has 0 spiro atoms. The van der Waals surface area contributed by atoms with Gasteiger partial charge in [0.05, 0.1) is 26.8 Å². The third kappa shape index (κ3) is 4.94. The number of pyridine rings is 1. The molecular weight excluding hydrogens is 482 g/mol. The Kier molecular flexibility index (Phi) is 6.31. The Morgan fingerprint density at radius 1 is 1.03 bits per heavy atom. The number of hydrogen-bond donors (Lipinski definition) is 1. The number of aryl methyl sites for hydroxylation is 1. The van der Waals surface area contributed by atoms with Crippen LogP contribution in [0, 0.1) is 0 Å². The lowest BCUT2D eigenvalue weighted by Crippen LogP contribution is -2.15. The fraction of sp³-hybridized carbons (Fsp3) is 0.0769. The molecule has 3 heterocycles. The van der Waals surface area contributed by atoms with Crippen molar-refractivity contribution in [2.75, 3.05) is 5.73 Å². The first-order chi connectivity index (χ1) is 17.0. The second-order valence-electron chi connectivity index (χ2n) is 7.92. The summed E-state index contributed by atoms with van der Waals surface area (Å²) in [6.45, 7) is 0. The number of carbonyl (C=O) groups excluding carboxylic acids is 1. The summed E-state index contributed by atoms with van der Waals surface area (Å²) < 4.78 is 3.85. The van der Waals surface area contributed by atoms with Gasteiger partial charge in [0.25, 0.3) is 5.56 Å². The predicted molar refractivity (Wildman–Crippen MR) is 139 cm³/mol. The van der Waals surface area contributed by atoms with E-state index in [-0.39, 0.29) is 11.3 Å². The number of anilines is 1. The van der Waals surface area contributed by atoms with E-state index in [0.29, 0.717) is 33.4 Å². The van der Waals surface area contributed by atoms with E-state index in [1.807, 2.05) is 54.7 Å². The molecule has 5 aromatic rings. The first-order valence-corrected chi connectivity index (χ1v) is 12.1. The van der Waals surface area contributed by atoms with Crippen molar-refractivity contribution in [3.05, 3.63) is 110 Å². The van der Waals surface area contributed by atoms with E-state index in [9.17, 15) is 9.59 Å². The third-order valence-electron chi connectivity index (χ3n) is 5.52. The van der Waals surface area contributed by atoms with E-state index in [0.717, 1.165) is 22.5 Å². The van der Waals surface area contributed by atoms with Crippen molar-refractivity contribution in [3.8, 4) is 22.5 Å². The maximum atomic E-state index is 12.4. The minimum atomic E-state index is -0.126. The molecule has 35 heavy (non-hydrogen) atoms. The molecule has 0 aliphatic rings. The second-order valence-corrected chi connectivity index (χ2v) is 9.63. The summed E-state index contributed by atoms with van der Waals surface area (Å²) in [6.07, 6.45) is 4.31. The Morgan fingerprint density at radius 3 is 2.69 bits per heavy atom. The minimum absolute atomic E-state index is 0.0227. The molecule has 0 aliphatic heterocycles. The summed E-state index contributed by atoms with van der Waals surface area (Å²) >= 11 is 7.22. The molecule has 2 aromatic carbocycles. The summed E-state index contributed by atoms with van der Waals surface area (Å²) in [5.41, 5.74) is 10.5. The zero-order chi connectivity index (χ0) is 24.4. The Balaban J connectivity index is 1.48. The van der Waals surface area contributed by atoms with Gasteiger partial charge in [0.1, 0.15) is 0 Å². The van der Waals surface area contributed by atoms with Crippen LogP contribution < -0.4 is 11.3 Å². The van der Waals surface area contributed by atoms with Gasteiger partial charge in [-0.15, -0.1) is 16.4 Å². The van der Waals surface area contributed by atoms with Crippen LogP contribution in [0.4, 0.5) is 5.69 Å². The van der Waals surface area contributed by atoms with Gasteiger partial charge in [-0.25, -0.2) is 4.68 Å². The number of benzene rings is 2. The van der Waals surface area contributed by atoms with Crippen LogP contribution >= 0.6 is 22.9 Å². The van der Waals surface area contributed by atoms with Crippen molar-refractivity contribution in [2.45, 2.75) is 12.8 Å². The van der Waals surface area contributed by atoms with E-state index in [1.165, 1.54) is 17.4 Å². The number of nitrogens with two attached hydrogens (primary N) is 1. The molecule has 0 unspecified atom stereocenters. The number of halogens is 1. The molecule has 5 rings (SSSR count). The fourth-order valence-corrected chi connectivity index (χ4v) is 4.82. The second kappa shape index (κ2) is 9.69. The van der Waals surface area contributed by atoms with E-state index >= 15 is 0 Å². The van der Waals surface area contributed by atoms with Crippen molar-refractivity contribution in [2.24, 2.45) is 0 Å². The summed E-state index contributed by atoms with van der Waals surface area (Å²) in [4.78, 5) is 25.5.